The Kier molecular flexibility index (Phi) is 7.38. The molecule has 0 saturated carbocycles. The van der Waals surface area contributed by atoms with Crippen LogP contribution in [0.1, 0.15) is 18.4 Å². The van der Waals surface area contributed by atoms with Gasteiger partial charge in [-0.1, -0.05) is 115 Å². The summed E-state index contributed by atoms with van der Waals surface area (Å²) >= 11 is 0. The molecule has 0 bridgehead atoms. The lowest BCUT2D eigenvalue weighted by molar-refractivity contribution is 0.930. The van der Waals surface area contributed by atoms with Crippen molar-refractivity contribution in [1.82, 2.24) is 0 Å². The third kappa shape index (κ3) is 5.46. The van der Waals surface area contributed by atoms with E-state index in [1.807, 2.05) is 0 Å². The van der Waals surface area contributed by atoms with Gasteiger partial charge in [-0.3, -0.25) is 0 Å². The summed E-state index contributed by atoms with van der Waals surface area (Å²) in [4.78, 5) is 4.74. The van der Waals surface area contributed by atoms with Gasteiger partial charge in [0.1, 0.15) is 0 Å². The maximum absolute atomic E-state index is 2.41. The minimum absolute atomic E-state index is 0.961. The van der Waals surface area contributed by atoms with Crippen LogP contribution in [0.5, 0.6) is 0 Å². The van der Waals surface area contributed by atoms with E-state index in [0.717, 1.165) is 29.9 Å². The number of allylic oxidation sites excluding steroid dienone is 4. The van der Waals surface area contributed by atoms with Crippen LogP contribution in [0.2, 0.25) is 0 Å². The van der Waals surface area contributed by atoms with Gasteiger partial charge in [0.2, 0.25) is 0 Å². The fraction of sp³-hybridized carbons (Fsp3) is 0.0455. The second kappa shape index (κ2) is 12.3. The molecule has 8 rings (SSSR count). The Hall–Kier alpha value is -5.86. The summed E-state index contributed by atoms with van der Waals surface area (Å²) in [5, 5.41) is 4.99. The standard InChI is InChI=1S/C44H34N2/c1-3-15-39(16-4-1)45(43-29-23-33-11-7-9-13-37(33)31-43)41-25-19-35(20-26-41)36-21-27-42(28-22-36)46(40-17-5-2-6-18-40)44-30-24-34-12-8-10-14-38(34)32-44/h1-21,23-27,29-32H,22,28H2. The lowest BCUT2D eigenvalue weighted by atomic mass is 9.94. The van der Waals surface area contributed by atoms with Crippen LogP contribution >= 0.6 is 0 Å². The lowest BCUT2D eigenvalue weighted by Gasteiger charge is -2.30. The third-order valence-corrected chi connectivity index (χ3v) is 8.92. The molecule has 46 heavy (non-hydrogen) atoms. The number of fused-ring (bicyclic) bond motifs is 2. The number of benzene rings is 7. The highest BCUT2D eigenvalue weighted by Crippen LogP contribution is 2.39. The molecule has 7 aromatic rings. The molecule has 0 saturated heterocycles. The first kappa shape index (κ1) is 27.7. The van der Waals surface area contributed by atoms with Crippen LogP contribution in [0.25, 0.3) is 27.1 Å². The number of para-hydroxylation sites is 2. The Labute approximate surface area is 270 Å². The summed E-state index contributed by atoms with van der Waals surface area (Å²) in [5.74, 6) is 0. The molecule has 1 aliphatic carbocycles. The number of hydrogen-bond donors (Lipinski definition) is 0. The van der Waals surface area contributed by atoms with Crippen LogP contribution in [0, 0.1) is 0 Å². The largest absolute Gasteiger partial charge is 0.314 e. The predicted molar refractivity (Wildman–Crippen MR) is 196 cm³/mol. The Morgan fingerprint density at radius 3 is 1.33 bits per heavy atom. The highest BCUT2D eigenvalue weighted by molar-refractivity contribution is 5.90. The number of nitrogens with zero attached hydrogens (tertiary/aromatic N) is 2. The molecule has 0 fully saturated rings. The van der Waals surface area contributed by atoms with Gasteiger partial charge in [0.15, 0.2) is 0 Å². The van der Waals surface area contributed by atoms with Crippen molar-refractivity contribution < 1.29 is 0 Å². The van der Waals surface area contributed by atoms with Gasteiger partial charge in [-0.05, 0) is 112 Å². The molecule has 2 heteroatoms. The molecular weight excluding hydrogens is 556 g/mol. The van der Waals surface area contributed by atoms with Crippen LogP contribution in [-0.2, 0) is 0 Å². The number of hydrogen-bond acceptors (Lipinski definition) is 2. The fourth-order valence-corrected chi connectivity index (χ4v) is 6.59. The molecule has 220 valence electrons. The third-order valence-electron chi connectivity index (χ3n) is 8.92. The van der Waals surface area contributed by atoms with Crippen LogP contribution in [0.15, 0.2) is 188 Å². The van der Waals surface area contributed by atoms with Crippen molar-refractivity contribution in [2.75, 3.05) is 9.80 Å². The van der Waals surface area contributed by atoms with Gasteiger partial charge in [0.25, 0.3) is 0 Å². The molecular formula is C44H34N2. The van der Waals surface area contributed by atoms with E-state index in [1.54, 1.807) is 0 Å². The topological polar surface area (TPSA) is 6.48 Å². The van der Waals surface area contributed by atoms with Crippen molar-refractivity contribution in [1.29, 1.82) is 0 Å². The van der Waals surface area contributed by atoms with Crippen LogP contribution in [0.4, 0.5) is 28.4 Å². The van der Waals surface area contributed by atoms with E-state index in [1.165, 1.54) is 49.8 Å². The molecule has 0 radical (unpaired) electrons. The van der Waals surface area contributed by atoms with Crippen molar-refractivity contribution in [3.8, 4) is 0 Å². The molecule has 7 aromatic carbocycles. The van der Waals surface area contributed by atoms with Crippen molar-refractivity contribution in [3.63, 3.8) is 0 Å². The molecule has 0 amide bonds. The summed E-state index contributed by atoms with van der Waals surface area (Å²) in [6.07, 6.45) is 6.56. The second-order valence-corrected chi connectivity index (χ2v) is 11.8. The van der Waals surface area contributed by atoms with Gasteiger partial charge in [-0.15, -0.1) is 0 Å². The molecule has 0 atom stereocenters. The Bertz CT molecular complexity index is 2200. The van der Waals surface area contributed by atoms with Crippen molar-refractivity contribution >= 4 is 55.6 Å². The van der Waals surface area contributed by atoms with E-state index in [2.05, 4.69) is 192 Å². The molecule has 0 N–H and O–H groups in total. The Morgan fingerprint density at radius 2 is 0.783 bits per heavy atom. The molecule has 1 aliphatic rings. The molecule has 0 unspecified atom stereocenters. The summed E-state index contributed by atoms with van der Waals surface area (Å²) in [6, 6.07) is 61.0. The average molecular weight is 591 g/mol. The van der Waals surface area contributed by atoms with Gasteiger partial charge < -0.3 is 9.80 Å². The first-order valence-corrected chi connectivity index (χ1v) is 16.0. The summed E-state index contributed by atoms with van der Waals surface area (Å²) in [6.45, 7) is 0. The van der Waals surface area contributed by atoms with Gasteiger partial charge in [-0.2, -0.15) is 0 Å². The van der Waals surface area contributed by atoms with Crippen molar-refractivity contribution in [3.05, 3.63) is 193 Å². The van der Waals surface area contributed by atoms with Crippen LogP contribution < -0.4 is 9.80 Å². The molecule has 0 aromatic heterocycles. The van der Waals surface area contributed by atoms with E-state index < -0.39 is 0 Å². The smallest absolute Gasteiger partial charge is 0.0468 e. The van der Waals surface area contributed by atoms with E-state index in [-0.39, 0.29) is 0 Å². The second-order valence-electron chi connectivity index (χ2n) is 11.8. The number of anilines is 5. The first-order chi connectivity index (χ1) is 22.8. The maximum atomic E-state index is 2.41. The molecule has 0 aliphatic heterocycles. The highest BCUT2D eigenvalue weighted by Gasteiger charge is 2.19. The zero-order valence-corrected chi connectivity index (χ0v) is 25.6. The Morgan fingerprint density at radius 1 is 0.326 bits per heavy atom. The minimum atomic E-state index is 0.961. The Balaban J connectivity index is 1.12. The number of rotatable bonds is 7. The first-order valence-electron chi connectivity index (χ1n) is 16.0. The van der Waals surface area contributed by atoms with E-state index in [4.69, 9.17) is 0 Å². The van der Waals surface area contributed by atoms with Gasteiger partial charge in [0.05, 0.1) is 0 Å². The maximum Gasteiger partial charge on any atom is 0.0468 e. The zero-order chi connectivity index (χ0) is 30.7. The van der Waals surface area contributed by atoms with Crippen LogP contribution in [-0.4, -0.2) is 0 Å². The minimum Gasteiger partial charge on any atom is -0.314 e. The highest BCUT2D eigenvalue weighted by atomic mass is 15.2. The SMILES string of the molecule is C1=C(c2ccc(N(c3ccccc3)c3ccc4ccccc4c3)cc2)CCC(N(c2ccccc2)c2ccc3ccccc3c2)=C1. The molecule has 2 nitrogen and oxygen atoms in total. The molecule has 0 spiro atoms. The van der Waals surface area contributed by atoms with Gasteiger partial charge >= 0.3 is 0 Å². The van der Waals surface area contributed by atoms with Crippen LogP contribution in [0.3, 0.4) is 0 Å². The van der Waals surface area contributed by atoms with E-state index in [0.29, 0.717) is 0 Å². The van der Waals surface area contributed by atoms with Gasteiger partial charge in [0, 0.05) is 34.1 Å². The van der Waals surface area contributed by atoms with E-state index in [9.17, 15) is 0 Å². The molecule has 0 heterocycles. The van der Waals surface area contributed by atoms with E-state index >= 15 is 0 Å². The average Bonchev–Trinajstić information content (AvgIpc) is 3.13. The summed E-state index contributed by atoms with van der Waals surface area (Å²) < 4.78 is 0. The van der Waals surface area contributed by atoms with Crippen molar-refractivity contribution in [2.45, 2.75) is 12.8 Å². The quantitative estimate of drug-likeness (QED) is 0.182. The summed E-state index contributed by atoms with van der Waals surface area (Å²) in [5.41, 5.74) is 9.73. The van der Waals surface area contributed by atoms with Gasteiger partial charge in [-0.25, -0.2) is 0 Å². The summed E-state index contributed by atoms with van der Waals surface area (Å²) in [7, 11) is 0. The zero-order valence-electron chi connectivity index (χ0n) is 25.6. The normalized spacial score (nSPS) is 12.9. The fourth-order valence-electron chi connectivity index (χ4n) is 6.59. The predicted octanol–water partition coefficient (Wildman–Crippen LogP) is 12.4. The van der Waals surface area contributed by atoms with Crippen molar-refractivity contribution in [2.24, 2.45) is 0 Å². The monoisotopic (exact) mass is 590 g/mol. The lowest BCUT2D eigenvalue weighted by Crippen LogP contribution is -2.17.